The number of anilines is 1. The van der Waals surface area contributed by atoms with Crippen molar-refractivity contribution in [1.82, 2.24) is 9.55 Å². The number of fused-ring (bicyclic) bond motifs is 1. The highest BCUT2D eigenvalue weighted by Gasteiger charge is 2.32. The number of halogens is 3. The lowest BCUT2D eigenvalue weighted by Crippen LogP contribution is -2.22. The molecule has 0 saturated heterocycles. The van der Waals surface area contributed by atoms with Crippen LogP contribution >= 0.6 is 0 Å². The minimum absolute atomic E-state index is 0.0274. The topological polar surface area (TPSA) is 80.4 Å². The fraction of sp³-hybridized carbons (Fsp3) is 0.261. The van der Waals surface area contributed by atoms with Gasteiger partial charge in [-0.3, -0.25) is 4.57 Å². The van der Waals surface area contributed by atoms with Crippen LogP contribution in [0, 0.1) is 18.3 Å². The average molecular weight is 456 g/mol. The number of ether oxygens (including phenoxy) is 2. The van der Waals surface area contributed by atoms with Crippen LogP contribution in [-0.4, -0.2) is 23.1 Å². The van der Waals surface area contributed by atoms with Crippen molar-refractivity contribution < 1.29 is 22.6 Å². The van der Waals surface area contributed by atoms with E-state index in [0.29, 0.717) is 24.5 Å². The number of aromatic nitrogens is 2. The maximum Gasteiger partial charge on any atom is 0.416 e. The Kier molecular flexibility index (Phi) is 5.72. The van der Waals surface area contributed by atoms with E-state index in [1.165, 1.54) is 31.2 Å². The van der Waals surface area contributed by atoms with E-state index in [-0.39, 0.29) is 35.1 Å². The van der Waals surface area contributed by atoms with Crippen molar-refractivity contribution in [3.63, 3.8) is 0 Å². The molecule has 0 N–H and O–H groups in total. The number of alkyl halides is 3. The number of rotatable bonds is 5. The van der Waals surface area contributed by atoms with Crippen molar-refractivity contribution in [3.05, 3.63) is 75.2 Å². The first-order valence-electron chi connectivity index (χ1n) is 10.0. The van der Waals surface area contributed by atoms with Crippen LogP contribution in [0.4, 0.5) is 19.0 Å². The zero-order valence-corrected chi connectivity index (χ0v) is 17.8. The van der Waals surface area contributed by atoms with Gasteiger partial charge in [0, 0.05) is 26.2 Å². The summed E-state index contributed by atoms with van der Waals surface area (Å²) in [6, 6.07) is 11.9. The Labute approximate surface area is 187 Å². The molecule has 1 aliphatic heterocycles. The molecule has 2 aromatic carbocycles. The van der Waals surface area contributed by atoms with E-state index in [1.54, 1.807) is 16.7 Å². The normalized spacial score (nSPS) is 12.9. The molecule has 0 spiro atoms. The second-order valence-electron chi connectivity index (χ2n) is 7.62. The molecule has 0 amide bonds. The number of benzene rings is 2. The molecular formula is C23H19F3N4O3. The minimum Gasteiger partial charge on any atom is -0.473 e. The summed E-state index contributed by atoms with van der Waals surface area (Å²) < 4.78 is 52.2. The summed E-state index contributed by atoms with van der Waals surface area (Å²) in [5.41, 5.74) is -0.383. The van der Waals surface area contributed by atoms with E-state index in [1.807, 2.05) is 18.0 Å². The summed E-state index contributed by atoms with van der Waals surface area (Å²) in [5.74, 6) is 0.968. The van der Waals surface area contributed by atoms with Gasteiger partial charge in [0.1, 0.15) is 30.0 Å². The number of nitriles is 1. The first-order valence-corrected chi connectivity index (χ1v) is 10.0. The van der Waals surface area contributed by atoms with E-state index in [4.69, 9.17) is 9.47 Å². The van der Waals surface area contributed by atoms with E-state index in [9.17, 15) is 23.2 Å². The molecule has 33 heavy (non-hydrogen) atoms. The predicted molar refractivity (Wildman–Crippen MR) is 114 cm³/mol. The van der Waals surface area contributed by atoms with Gasteiger partial charge in [-0.2, -0.15) is 23.4 Å². The lowest BCUT2D eigenvalue weighted by Gasteiger charge is -2.14. The monoisotopic (exact) mass is 456 g/mol. The van der Waals surface area contributed by atoms with Crippen LogP contribution in [0.2, 0.25) is 0 Å². The van der Waals surface area contributed by atoms with E-state index < -0.39 is 17.4 Å². The van der Waals surface area contributed by atoms with Gasteiger partial charge in [-0.25, -0.2) is 4.79 Å². The molecule has 7 nitrogen and oxygen atoms in total. The first kappa shape index (κ1) is 22.2. The Bertz CT molecular complexity index is 1310. The van der Waals surface area contributed by atoms with Crippen molar-refractivity contribution in [2.75, 3.05) is 18.5 Å². The smallest absolute Gasteiger partial charge is 0.416 e. The third-order valence-electron chi connectivity index (χ3n) is 5.31. The standard InChI is InChI=1S/C23H19F3N4O3/c1-14-3-5-17(10-18(14)23(24,25)26)33-19-6-4-15(9-16(19)12-27)13-32-20-11-21-29(2)7-8-30(21)22(31)28-20/h3-6,9-11H,7-8,13H2,1-2H3. The second kappa shape index (κ2) is 8.50. The summed E-state index contributed by atoms with van der Waals surface area (Å²) in [5, 5.41) is 9.49. The highest BCUT2D eigenvalue weighted by atomic mass is 19.4. The molecule has 0 saturated carbocycles. The van der Waals surface area contributed by atoms with Gasteiger partial charge in [0.25, 0.3) is 0 Å². The molecule has 4 rings (SSSR count). The minimum atomic E-state index is -4.51. The lowest BCUT2D eigenvalue weighted by molar-refractivity contribution is -0.138. The molecule has 0 unspecified atom stereocenters. The van der Waals surface area contributed by atoms with E-state index in [0.717, 1.165) is 6.07 Å². The maximum absolute atomic E-state index is 13.2. The number of aryl methyl sites for hydroxylation is 1. The van der Waals surface area contributed by atoms with Gasteiger partial charge >= 0.3 is 11.9 Å². The fourth-order valence-electron chi connectivity index (χ4n) is 3.54. The molecule has 10 heteroatoms. The molecular weight excluding hydrogens is 437 g/mol. The summed E-state index contributed by atoms with van der Waals surface area (Å²) in [6.45, 7) is 2.68. The van der Waals surface area contributed by atoms with Crippen molar-refractivity contribution >= 4 is 5.82 Å². The maximum atomic E-state index is 13.2. The highest BCUT2D eigenvalue weighted by Crippen LogP contribution is 2.36. The summed E-state index contributed by atoms with van der Waals surface area (Å²) in [4.78, 5) is 18.0. The number of hydrogen-bond acceptors (Lipinski definition) is 6. The van der Waals surface area contributed by atoms with E-state index in [2.05, 4.69) is 4.98 Å². The highest BCUT2D eigenvalue weighted by molar-refractivity contribution is 5.49. The van der Waals surface area contributed by atoms with Crippen molar-refractivity contribution in [2.45, 2.75) is 26.3 Å². The van der Waals surface area contributed by atoms with Crippen LogP contribution in [0.3, 0.4) is 0 Å². The van der Waals surface area contributed by atoms with Crippen LogP contribution in [0.25, 0.3) is 0 Å². The molecule has 0 bridgehead atoms. The molecule has 0 fully saturated rings. The Morgan fingerprint density at radius 2 is 1.94 bits per heavy atom. The van der Waals surface area contributed by atoms with Gasteiger partial charge in [-0.05, 0) is 42.3 Å². The predicted octanol–water partition coefficient (Wildman–Crippen LogP) is 4.26. The quantitative estimate of drug-likeness (QED) is 0.571. The first-order chi connectivity index (χ1) is 15.7. The number of nitrogens with zero attached hydrogens (tertiary/aromatic N) is 4. The second-order valence-corrected chi connectivity index (χ2v) is 7.62. The van der Waals surface area contributed by atoms with Crippen molar-refractivity contribution in [2.24, 2.45) is 0 Å². The summed E-state index contributed by atoms with van der Waals surface area (Å²) in [6.07, 6.45) is -4.51. The molecule has 0 aliphatic carbocycles. The third-order valence-corrected chi connectivity index (χ3v) is 5.31. The lowest BCUT2D eigenvalue weighted by atomic mass is 10.1. The molecule has 170 valence electrons. The Morgan fingerprint density at radius 1 is 1.15 bits per heavy atom. The SMILES string of the molecule is Cc1ccc(Oc2ccc(COc3cc4n(c(=O)n3)CCN4C)cc2C#N)cc1C(F)(F)F. The zero-order valence-electron chi connectivity index (χ0n) is 17.8. The zero-order chi connectivity index (χ0) is 23.8. The molecule has 0 radical (unpaired) electrons. The van der Waals surface area contributed by atoms with Crippen LogP contribution in [-0.2, 0) is 19.3 Å². The van der Waals surface area contributed by atoms with Gasteiger partial charge < -0.3 is 14.4 Å². The van der Waals surface area contributed by atoms with Crippen LogP contribution in [0.5, 0.6) is 17.4 Å². The molecule has 1 aromatic heterocycles. The summed E-state index contributed by atoms with van der Waals surface area (Å²) >= 11 is 0. The fourth-order valence-corrected chi connectivity index (χ4v) is 3.54. The van der Waals surface area contributed by atoms with Crippen LogP contribution in [0.1, 0.15) is 22.3 Å². The summed E-state index contributed by atoms with van der Waals surface area (Å²) in [7, 11) is 1.87. The van der Waals surface area contributed by atoms with Gasteiger partial charge in [0.05, 0.1) is 11.1 Å². The van der Waals surface area contributed by atoms with Crippen LogP contribution in [0.15, 0.2) is 47.3 Å². The van der Waals surface area contributed by atoms with Gasteiger partial charge in [0.15, 0.2) is 0 Å². The molecule has 3 aromatic rings. The Balaban J connectivity index is 1.51. The molecule has 2 heterocycles. The van der Waals surface area contributed by atoms with Gasteiger partial charge in [-0.1, -0.05) is 12.1 Å². The van der Waals surface area contributed by atoms with Crippen molar-refractivity contribution in [1.29, 1.82) is 5.26 Å². The average Bonchev–Trinajstić information content (AvgIpc) is 3.14. The Hall–Kier alpha value is -4.00. The van der Waals surface area contributed by atoms with Gasteiger partial charge in [0.2, 0.25) is 5.88 Å². The van der Waals surface area contributed by atoms with Crippen LogP contribution < -0.4 is 20.1 Å². The van der Waals surface area contributed by atoms with Crippen molar-refractivity contribution in [3.8, 4) is 23.4 Å². The van der Waals surface area contributed by atoms with E-state index >= 15 is 0 Å². The third kappa shape index (κ3) is 4.62. The Morgan fingerprint density at radius 3 is 2.67 bits per heavy atom. The van der Waals surface area contributed by atoms with Gasteiger partial charge in [-0.15, -0.1) is 0 Å². The molecule has 1 aliphatic rings. The number of likely N-dealkylation sites (N-methyl/N-ethyl adjacent to an activating group) is 1. The largest absolute Gasteiger partial charge is 0.473 e. The number of hydrogen-bond donors (Lipinski definition) is 0. The molecule has 0 atom stereocenters.